The summed E-state index contributed by atoms with van der Waals surface area (Å²) < 4.78 is 0. The van der Waals surface area contributed by atoms with Gasteiger partial charge in [-0.2, -0.15) is 0 Å². The largest absolute Gasteiger partial charge is 0.357 e. The van der Waals surface area contributed by atoms with E-state index in [4.69, 9.17) is 0 Å². The lowest BCUT2D eigenvalue weighted by molar-refractivity contribution is -0.114. The summed E-state index contributed by atoms with van der Waals surface area (Å²) in [5.74, 6) is 0.733. The highest BCUT2D eigenvalue weighted by Crippen LogP contribution is 2.16. The van der Waals surface area contributed by atoms with Crippen molar-refractivity contribution in [3.63, 3.8) is 0 Å². The second-order valence-electron chi connectivity index (χ2n) is 6.34. The van der Waals surface area contributed by atoms with Gasteiger partial charge in [0, 0.05) is 41.4 Å². The highest BCUT2D eigenvalue weighted by atomic mass is 32.1. The van der Waals surface area contributed by atoms with Gasteiger partial charge in [-0.3, -0.25) is 4.79 Å². The molecular formula is C20H28N4OS. The Kier molecular flexibility index (Phi) is 7.66. The summed E-state index contributed by atoms with van der Waals surface area (Å²) >= 11 is 1.84. The molecule has 1 aromatic heterocycles. The predicted molar refractivity (Wildman–Crippen MR) is 111 cm³/mol. The number of rotatable bonds is 7. The summed E-state index contributed by atoms with van der Waals surface area (Å²) in [6.45, 7) is 9.22. The zero-order valence-electron chi connectivity index (χ0n) is 15.9. The maximum Gasteiger partial charge on any atom is 0.221 e. The minimum absolute atomic E-state index is 0.0710. The molecule has 3 N–H and O–H groups in total. The monoisotopic (exact) mass is 372 g/mol. The van der Waals surface area contributed by atoms with E-state index in [1.165, 1.54) is 16.7 Å². The van der Waals surface area contributed by atoms with Crippen LogP contribution in [0.15, 0.2) is 41.4 Å². The highest BCUT2D eigenvalue weighted by molar-refractivity contribution is 7.11. The van der Waals surface area contributed by atoms with Gasteiger partial charge in [0.25, 0.3) is 0 Å². The molecule has 2 aromatic rings. The van der Waals surface area contributed by atoms with Gasteiger partial charge in [0.1, 0.15) is 0 Å². The quantitative estimate of drug-likeness (QED) is 0.513. The number of thiophene rings is 1. The van der Waals surface area contributed by atoms with E-state index >= 15 is 0 Å². The SMILES string of the molecule is CCNC(=NCc1cccc(NC(C)=O)c1)NC(C)Cc1ccc(C)s1. The van der Waals surface area contributed by atoms with Crippen LogP contribution in [0.4, 0.5) is 5.69 Å². The first-order valence-corrected chi connectivity index (χ1v) is 9.74. The Morgan fingerprint density at radius 1 is 1.27 bits per heavy atom. The summed E-state index contributed by atoms with van der Waals surface area (Å²) in [6, 6.07) is 12.4. The lowest BCUT2D eigenvalue weighted by Crippen LogP contribution is -2.43. The lowest BCUT2D eigenvalue weighted by atomic mass is 10.2. The van der Waals surface area contributed by atoms with Gasteiger partial charge in [-0.15, -0.1) is 11.3 Å². The second-order valence-corrected chi connectivity index (χ2v) is 7.71. The van der Waals surface area contributed by atoms with Crippen molar-refractivity contribution in [2.24, 2.45) is 4.99 Å². The average Bonchev–Trinajstić information content (AvgIpc) is 2.97. The molecule has 0 spiro atoms. The third-order valence-corrected chi connectivity index (χ3v) is 4.72. The van der Waals surface area contributed by atoms with Crippen LogP contribution in [-0.4, -0.2) is 24.5 Å². The van der Waals surface area contributed by atoms with E-state index in [9.17, 15) is 4.79 Å². The minimum Gasteiger partial charge on any atom is -0.357 e. The molecule has 1 unspecified atom stereocenters. The van der Waals surface area contributed by atoms with Gasteiger partial charge < -0.3 is 16.0 Å². The number of hydrogen-bond donors (Lipinski definition) is 3. The van der Waals surface area contributed by atoms with E-state index < -0.39 is 0 Å². The molecule has 0 saturated heterocycles. The summed E-state index contributed by atoms with van der Waals surface area (Å²) in [4.78, 5) is 18.6. The van der Waals surface area contributed by atoms with Crippen molar-refractivity contribution in [1.29, 1.82) is 0 Å². The van der Waals surface area contributed by atoms with Crippen LogP contribution in [0.5, 0.6) is 0 Å². The van der Waals surface area contributed by atoms with Crippen molar-refractivity contribution in [3.05, 3.63) is 51.7 Å². The average molecular weight is 373 g/mol. The van der Waals surface area contributed by atoms with Gasteiger partial charge in [-0.05, 0) is 50.6 Å². The Balaban J connectivity index is 1.98. The zero-order chi connectivity index (χ0) is 18.9. The fraction of sp³-hybridized carbons (Fsp3) is 0.400. The topological polar surface area (TPSA) is 65.5 Å². The van der Waals surface area contributed by atoms with Crippen LogP contribution in [0.3, 0.4) is 0 Å². The van der Waals surface area contributed by atoms with Crippen molar-refractivity contribution < 1.29 is 4.79 Å². The Labute approximate surface area is 159 Å². The van der Waals surface area contributed by atoms with Crippen LogP contribution in [0.2, 0.25) is 0 Å². The third-order valence-electron chi connectivity index (χ3n) is 3.70. The Bertz CT molecular complexity index is 754. The van der Waals surface area contributed by atoms with Gasteiger partial charge in [0.05, 0.1) is 6.54 Å². The van der Waals surface area contributed by atoms with Crippen LogP contribution in [0.1, 0.15) is 36.1 Å². The predicted octanol–water partition coefficient (Wildman–Crippen LogP) is 3.70. The van der Waals surface area contributed by atoms with Crippen LogP contribution in [0.25, 0.3) is 0 Å². The summed E-state index contributed by atoms with van der Waals surface area (Å²) in [5.41, 5.74) is 1.85. The number of aliphatic imine (C=N–C) groups is 1. The number of anilines is 1. The van der Waals surface area contributed by atoms with Gasteiger partial charge in [0.2, 0.25) is 5.91 Å². The maximum absolute atomic E-state index is 11.2. The highest BCUT2D eigenvalue weighted by Gasteiger charge is 2.08. The minimum atomic E-state index is -0.0710. The van der Waals surface area contributed by atoms with Crippen molar-refractivity contribution >= 4 is 28.9 Å². The first-order chi connectivity index (χ1) is 12.5. The molecule has 26 heavy (non-hydrogen) atoms. The van der Waals surface area contributed by atoms with E-state index in [2.05, 4.69) is 53.8 Å². The molecule has 5 nitrogen and oxygen atoms in total. The summed E-state index contributed by atoms with van der Waals surface area (Å²) in [7, 11) is 0. The van der Waals surface area contributed by atoms with E-state index in [0.29, 0.717) is 6.54 Å². The number of nitrogens with one attached hydrogen (secondary N) is 3. The number of hydrogen-bond acceptors (Lipinski definition) is 3. The number of benzene rings is 1. The molecule has 1 aromatic carbocycles. The molecule has 2 rings (SSSR count). The molecule has 0 aliphatic rings. The van der Waals surface area contributed by atoms with Crippen LogP contribution < -0.4 is 16.0 Å². The Morgan fingerprint density at radius 3 is 2.73 bits per heavy atom. The smallest absolute Gasteiger partial charge is 0.221 e. The number of amides is 1. The van der Waals surface area contributed by atoms with Gasteiger partial charge in [-0.25, -0.2) is 4.99 Å². The molecule has 1 atom stereocenters. The first-order valence-electron chi connectivity index (χ1n) is 8.93. The fourth-order valence-corrected chi connectivity index (χ4v) is 3.64. The summed E-state index contributed by atoms with van der Waals surface area (Å²) in [6.07, 6.45) is 0.973. The lowest BCUT2D eigenvalue weighted by Gasteiger charge is -2.17. The molecule has 0 aliphatic heterocycles. The molecule has 6 heteroatoms. The number of aryl methyl sites for hydroxylation is 1. The fourth-order valence-electron chi connectivity index (χ4n) is 2.62. The Hall–Kier alpha value is -2.34. The third kappa shape index (κ3) is 6.88. The molecule has 140 valence electrons. The maximum atomic E-state index is 11.2. The molecule has 0 fully saturated rings. The molecule has 0 bridgehead atoms. The van der Waals surface area contributed by atoms with E-state index in [1.807, 2.05) is 35.6 Å². The molecule has 1 amide bonds. The van der Waals surface area contributed by atoms with E-state index in [0.717, 1.165) is 30.2 Å². The number of carbonyl (C=O) groups excluding carboxylic acids is 1. The van der Waals surface area contributed by atoms with Crippen molar-refractivity contribution in [1.82, 2.24) is 10.6 Å². The molecule has 0 radical (unpaired) electrons. The number of carbonyl (C=O) groups is 1. The van der Waals surface area contributed by atoms with Crippen LogP contribution in [0, 0.1) is 6.92 Å². The van der Waals surface area contributed by atoms with E-state index in [1.54, 1.807) is 0 Å². The standard InChI is InChI=1S/C20H28N4OS/c1-5-21-20(23-14(2)11-19-10-9-15(3)26-19)22-13-17-7-6-8-18(12-17)24-16(4)25/h6-10,12,14H,5,11,13H2,1-4H3,(H,24,25)(H2,21,22,23). The first kappa shape index (κ1) is 20.0. The second kappa shape index (κ2) is 9.97. The number of nitrogens with zero attached hydrogens (tertiary/aromatic N) is 1. The molecule has 1 heterocycles. The van der Waals surface area contributed by atoms with Crippen molar-refractivity contribution in [2.75, 3.05) is 11.9 Å². The van der Waals surface area contributed by atoms with Gasteiger partial charge >= 0.3 is 0 Å². The number of guanidine groups is 1. The van der Waals surface area contributed by atoms with Gasteiger partial charge in [0.15, 0.2) is 5.96 Å². The summed E-state index contributed by atoms with van der Waals surface area (Å²) in [5, 5.41) is 9.56. The van der Waals surface area contributed by atoms with Gasteiger partial charge in [-0.1, -0.05) is 12.1 Å². The normalized spacial score (nSPS) is 12.5. The van der Waals surface area contributed by atoms with Crippen molar-refractivity contribution in [2.45, 2.75) is 46.7 Å². The Morgan fingerprint density at radius 2 is 2.08 bits per heavy atom. The molecule has 0 aliphatic carbocycles. The van der Waals surface area contributed by atoms with Crippen LogP contribution in [-0.2, 0) is 17.8 Å². The molecular weight excluding hydrogens is 344 g/mol. The zero-order valence-corrected chi connectivity index (χ0v) is 16.7. The molecule has 0 saturated carbocycles. The van der Waals surface area contributed by atoms with Crippen molar-refractivity contribution in [3.8, 4) is 0 Å². The van der Waals surface area contributed by atoms with Crippen LogP contribution >= 0.6 is 11.3 Å². The van der Waals surface area contributed by atoms with E-state index in [-0.39, 0.29) is 11.9 Å².